The number of hydrogen-bond acceptors (Lipinski definition) is 5. The molecule has 0 radical (unpaired) electrons. The number of rotatable bonds is 11. The molecule has 0 bridgehead atoms. The molecule has 8 nitrogen and oxygen atoms in total. The number of amides is 2. The van der Waals surface area contributed by atoms with Crippen molar-refractivity contribution in [3.63, 3.8) is 0 Å². The highest BCUT2D eigenvalue weighted by Crippen LogP contribution is 2.15. The predicted octanol–water partition coefficient (Wildman–Crippen LogP) is 1.95. The molecule has 0 spiro atoms. The standard InChI is InChI=1S/C21H26ClN3O5S/c1-15(2)20(25-19(26)14-30-17-8-4-3-5-9-17)21(27)23-11-12-24-31(28,29)18-10-6-7-16(22)13-18/h3-10,13,15,20,24H,11-12,14H2,1-2H3,(H,23,27)(H,25,26). The minimum Gasteiger partial charge on any atom is -0.484 e. The number of ether oxygens (including phenoxy) is 1. The van der Waals surface area contributed by atoms with Crippen LogP contribution in [0.4, 0.5) is 0 Å². The summed E-state index contributed by atoms with van der Waals surface area (Å²) in [6.45, 7) is 3.41. The molecular weight excluding hydrogens is 442 g/mol. The summed E-state index contributed by atoms with van der Waals surface area (Å²) in [6.07, 6.45) is 0. The summed E-state index contributed by atoms with van der Waals surface area (Å²) >= 11 is 5.82. The van der Waals surface area contributed by atoms with E-state index in [1.165, 1.54) is 18.2 Å². The van der Waals surface area contributed by atoms with Gasteiger partial charge in [-0.3, -0.25) is 9.59 Å². The summed E-state index contributed by atoms with van der Waals surface area (Å²) in [6, 6.07) is 14.0. The Kier molecular flexibility index (Phi) is 9.29. The highest BCUT2D eigenvalue weighted by Gasteiger charge is 2.24. The van der Waals surface area contributed by atoms with Crippen molar-refractivity contribution in [3.8, 4) is 5.75 Å². The first-order valence-electron chi connectivity index (χ1n) is 9.69. The minimum atomic E-state index is -3.74. The van der Waals surface area contributed by atoms with Crippen molar-refractivity contribution in [1.29, 1.82) is 0 Å². The number of benzene rings is 2. The van der Waals surface area contributed by atoms with Gasteiger partial charge < -0.3 is 15.4 Å². The van der Waals surface area contributed by atoms with Gasteiger partial charge in [0.05, 0.1) is 4.90 Å². The van der Waals surface area contributed by atoms with Crippen LogP contribution in [0.2, 0.25) is 5.02 Å². The van der Waals surface area contributed by atoms with E-state index in [1.54, 1.807) is 44.2 Å². The molecule has 1 atom stereocenters. The van der Waals surface area contributed by atoms with Crippen molar-refractivity contribution >= 4 is 33.4 Å². The first-order chi connectivity index (χ1) is 14.7. The summed E-state index contributed by atoms with van der Waals surface area (Å²) in [5.41, 5.74) is 0. The zero-order chi connectivity index (χ0) is 22.9. The minimum absolute atomic E-state index is 0.0174. The molecule has 2 amide bonds. The molecule has 1 unspecified atom stereocenters. The molecule has 0 saturated heterocycles. The number of carbonyl (C=O) groups excluding carboxylic acids is 2. The van der Waals surface area contributed by atoms with Gasteiger partial charge in [0.2, 0.25) is 15.9 Å². The lowest BCUT2D eigenvalue weighted by Gasteiger charge is -2.22. The molecule has 10 heteroatoms. The zero-order valence-electron chi connectivity index (χ0n) is 17.3. The van der Waals surface area contributed by atoms with Gasteiger partial charge in [0.15, 0.2) is 6.61 Å². The van der Waals surface area contributed by atoms with Crippen LogP contribution in [0.25, 0.3) is 0 Å². The van der Waals surface area contributed by atoms with E-state index in [2.05, 4.69) is 15.4 Å². The third kappa shape index (κ3) is 8.20. The maximum atomic E-state index is 12.5. The number of sulfonamides is 1. The van der Waals surface area contributed by atoms with E-state index < -0.39 is 27.9 Å². The molecule has 0 saturated carbocycles. The number of carbonyl (C=O) groups is 2. The van der Waals surface area contributed by atoms with Crippen molar-refractivity contribution in [2.75, 3.05) is 19.7 Å². The Bertz CT molecular complexity index is 984. The predicted molar refractivity (Wildman–Crippen MR) is 118 cm³/mol. The van der Waals surface area contributed by atoms with Gasteiger partial charge in [-0.1, -0.05) is 49.7 Å². The average Bonchev–Trinajstić information content (AvgIpc) is 2.74. The molecule has 0 fully saturated rings. The highest BCUT2D eigenvalue weighted by atomic mass is 35.5. The average molecular weight is 468 g/mol. The maximum absolute atomic E-state index is 12.5. The van der Waals surface area contributed by atoms with Gasteiger partial charge in [0, 0.05) is 18.1 Å². The van der Waals surface area contributed by atoms with Gasteiger partial charge in [-0.2, -0.15) is 0 Å². The molecule has 0 aliphatic carbocycles. The van der Waals surface area contributed by atoms with Crippen LogP contribution in [-0.2, 0) is 19.6 Å². The van der Waals surface area contributed by atoms with Crippen molar-refractivity contribution < 1.29 is 22.7 Å². The molecule has 0 aromatic heterocycles. The van der Waals surface area contributed by atoms with Gasteiger partial charge >= 0.3 is 0 Å². The number of nitrogens with one attached hydrogen (secondary N) is 3. The van der Waals surface area contributed by atoms with Crippen molar-refractivity contribution in [2.24, 2.45) is 5.92 Å². The lowest BCUT2D eigenvalue weighted by Crippen LogP contribution is -2.51. The Morgan fingerprint density at radius 2 is 1.74 bits per heavy atom. The number of hydrogen-bond donors (Lipinski definition) is 3. The molecule has 0 aliphatic heterocycles. The number of para-hydroxylation sites is 1. The van der Waals surface area contributed by atoms with E-state index in [9.17, 15) is 18.0 Å². The zero-order valence-corrected chi connectivity index (χ0v) is 18.9. The molecule has 3 N–H and O–H groups in total. The monoisotopic (exact) mass is 467 g/mol. The fraction of sp³-hybridized carbons (Fsp3) is 0.333. The second kappa shape index (κ2) is 11.7. The quantitative estimate of drug-likeness (QED) is 0.437. The smallest absolute Gasteiger partial charge is 0.258 e. The molecule has 168 valence electrons. The molecule has 2 aromatic rings. The third-order valence-electron chi connectivity index (χ3n) is 4.20. The van der Waals surface area contributed by atoms with Crippen LogP contribution in [0.15, 0.2) is 59.5 Å². The maximum Gasteiger partial charge on any atom is 0.258 e. The van der Waals surface area contributed by atoms with Crippen molar-refractivity contribution in [3.05, 3.63) is 59.6 Å². The molecule has 2 rings (SSSR count). The van der Waals surface area contributed by atoms with Gasteiger partial charge in [0.1, 0.15) is 11.8 Å². The van der Waals surface area contributed by atoms with Crippen molar-refractivity contribution in [2.45, 2.75) is 24.8 Å². The summed E-state index contributed by atoms with van der Waals surface area (Å²) < 4.78 is 32.3. The fourth-order valence-corrected chi connectivity index (χ4v) is 3.95. The second-order valence-corrected chi connectivity index (χ2v) is 9.24. The summed E-state index contributed by atoms with van der Waals surface area (Å²) in [5.74, 6) is -0.469. The Morgan fingerprint density at radius 1 is 1.03 bits per heavy atom. The van der Waals surface area contributed by atoms with Crippen LogP contribution in [0.3, 0.4) is 0 Å². The van der Waals surface area contributed by atoms with E-state index in [-0.39, 0.29) is 30.5 Å². The van der Waals surface area contributed by atoms with Crippen LogP contribution in [0.5, 0.6) is 5.75 Å². The van der Waals surface area contributed by atoms with E-state index in [0.717, 1.165) is 0 Å². The fourth-order valence-electron chi connectivity index (χ4n) is 2.61. The van der Waals surface area contributed by atoms with E-state index in [4.69, 9.17) is 16.3 Å². The van der Waals surface area contributed by atoms with Crippen LogP contribution in [-0.4, -0.2) is 46.0 Å². The van der Waals surface area contributed by atoms with Crippen LogP contribution >= 0.6 is 11.6 Å². The molecule has 2 aromatic carbocycles. The van der Waals surface area contributed by atoms with Crippen LogP contribution in [0, 0.1) is 5.92 Å². The highest BCUT2D eigenvalue weighted by molar-refractivity contribution is 7.89. The van der Waals surface area contributed by atoms with Crippen LogP contribution in [0.1, 0.15) is 13.8 Å². The van der Waals surface area contributed by atoms with Crippen LogP contribution < -0.4 is 20.1 Å². The third-order valence-corrected chi connectivity index (χ3v) is 5.90. The first kappa shape index (κ1) is 24.6. The Morgan fingerprint density at radius 3 is 2.39 bits per heavy atom. The largest absolute Gasteiger partial charge is 0.484 e. The summed E-state index contributed by atoms with van der Waals surface area (Å²) in [4.78, 5) is 24.7. The molecule has 31 heavy (non-hydrogen) atoms. The lowest BCUT2D eigenvalue weighted by molar-refractivity contribution is -0.131. The van der Waals surface area contributed by atoms with Gasteiger partial charge in [-0.15, -0.1) is 0 Å². The molecule has 0 heterocycles. The van der Waals surface area contributed by atoms with Gasteiger partial charge in [-0.05, 0) is 36.2 Å². The second-order valence-electron chi connectivity index (χ2n) is 7.04. The normalized spacial score (nSPS) is 12.3. The topological polar surface area (TPSA) is 114 Å². The Hall–Kier alpha value is -2.62. The summed E-state index contributed by atoms with van der Waals surface area (Å²) in [5, 5.41) is 5.59. The van der Waals surface area contributed by atoms with Gasteiger partial charge in [-0.25, -0.2) is 13.1 Å². The summed E-state index contributed by atoms with van der Waals surface area (Å²) in [7, 11) is -3.74. The van der Waals surface area contributed by atoms with E-state index in [0.29, 0.717) is 10.8 Å². The Balaban J connectivity index is 1.80. The lowest BCUT2D eigenvalue weighted by atomic mass is 10.0. The van der Waals surface area contributed by atoms with Crippen molar-refractivity contribution in [1.82, 2.24) is 15.4 Å². The Labute approximate surface area is 187 Å². The first-order valence-corrected chi connectivity index (χ1v) is 11.6. The number of halogens is 1. The van der Waals surface area contributed by atoms with E-state index >= 15 is 0 Å². The van der Waals surface area contributed by atoms with Gasteiger partial charge in [0.25, 0.3) is 5.91 Å². The SMILES string of the molecule is CC(C)C(NC(=O)COc1ccccc1)C(=O)NCCNS(=O)(=O)c1cccc(Cl)c1. The molecular formula is C21H26ClN3O5S. The van der Waals surface area contributed by atoms with E-state index in [1.807, 2.05) is 6.07 Å². The molecule has 0 aliphatic rings.